The molecule has 2 aromatic rings. The molecule has 0 unspecified atom stereocenters. The van der Waals surface area contributed by atoms with E-state index in [0.717, 1.165) is 11.6 Å². The second-order valence-corrected chi connectivity index (χ2v) is 5.88. The minimum Gasteiger partial charge on any atom is -0.455 e. The van der Waals surface area contributed by atoms with Crippen LogP contribution < -0.4 is 5.32 Å². The summed E-state index contributed by atoms with van der Waals surface area (Å²) in [6.45, 7) is 1.30. The number of nitrogens with zero attached hydrogens (tertiary/aromatic N) is 1. The van der Waals surface area contributed by atoms with Crippen LogP contribution in [0.1, 0.15) is 24.8 Å². The number of benzene rings is 2. The number of esters is 1. The molecule has 1 amide bonds. The Balaban J connectivity index is 1.98. The van der Waals surface area contributed by atoms with Gasteiger partial charge in [0, 0.05) is 11.1 Å². The van der Waals surface area contributed by atoms with E-state index in [9.17, 15) is 19.7 Å². The SMILES string of the molecule is CC[C@H](C(=O)OCC(=O)Nc1ccc(Cl)cc1[N+](=O)[O-])c1ccccc1. The molecular weight excluding hydrogens is 360 g/mol. The molecule has 8 heteroatoms. The molecule has 0 radical (unpaired) electrons. The number of nitro groups is 1. The van der Waals surface area contributed by atoms with Gasteiger partial charge in [0.15, 0.2) is 6.61 Å². The maximum Gasteiger partial charge on any atom is 0.313 e. The summed E-state index contributed by atoms with van der Waals surface area (Å²) in [7, 11) is 0. The number of amides is 1. The molecule has 136 valence electrons. The molecule has 0 bridgehead atoms. The monoisotopic (exact) mass is 376 g/mol. The van der Waals surface area contributed by atoms with Gasteiger partial charge >= 0.3 is 5.97 Å². The van der Waals surface area contributed by atoms with Crippen molar-refractivity contribution in [3.8, 4) is 0 Å². The van der Waals surface area contributed by atoms with Crippen LogP contribution in [-0.2, 0) is 14.3 Å². The minimum absolute atomic E-state index is 0.0180. The number of carbonyl (C=O) groups excluding carboxylic acids is 2. The van der Waals surface area contributed by atoms with E-state index in [2.05, 4.69) is 5.32 Å². The van der Waals surface area contributed by atoms with E-state index in [4.69, 9.17) is 16.3 Å². The lowest BCUT2D eigenvalue weighted by Crippen LogP contribution is -2.24. The normalized spacial score (nSPS) is 11.5. The molecule has 0 aromatic heterocycles. The number of hydrogen-bond acceptors (Lipinski definition) is 5. The molecule has 0 aliphatic rings. The summed E-state index contributed by atoms with van der Waals surface area (Å²) in [5.41, 5.74) is 0.442. The Morgan fingerprint density at radius 3 is 2.54 bits per heavy atom. The smallest absolute Gasteiger partial charge is 0.313 e. The van der Waals surface area contributed by atoms with E-state index in [0.29, 0.717) is 6.42 Å². The highest BCUT2D eigenvalue weighted by molar-refractivity contribution is 6.31. The molecule has 0 spiro atoms. The summed E-state index contributed by atoms with van der Waals surface area (Å²) in [5.74, 6) is -1.68. The van der Waals surface area contributed by atoms with Gasteiger partial charge in [-0.2, -0.15) is 0 Å². The minimum atomic E-state index is -0.674. The molecule has 0 heterocycles. The zero-order valence-corrected chi connectivity index (χ0v) is 14.7. The van der Waals surface area contributed by atoms with Crippen molar-refractivity contribution in [3.05, 3.63) is 69.2 Å². The van der Waals surface area contributed by atoms with Crippen LogP contribution in [0.3, 0.4) is 0 Å². The second-order valence-electron chi connectivity index (χ2n) is 5.45. The lowest BCUT2D eigenvalue weighted by Gasteiger charge is -2.14. The predicted octanol–water partition coefficient (Wildman–Crippen LogP) is 3.92. The lowest BCUT2D eigenvalue weighted by atomic mass is 9.97. The van der Waals surface area contributed by atoms with Gasteiger partial charge in [-0.15, -0.1) is 0 Å². The first-order chi connectivity index (χ1) is 12.4. The Morgan fingerprint density at radius 1 is 1.23 bits per heavy atom. The third kappa shape index (κ3) is 5.03. The molecule has 0 fully saturated rings. The molecule has 0 aliphatic heterocycles. The van der Waals surface area contributed by atoms with Crippen LogP contribution in [0.2, 0.25) is 5.02 Å². The van der Waals surface area contributed by atoms with E-state index in [1.807, 2.05) is 37.3 Å². The van der Waals surface area contributed by atoms with Crippen molar-refractivity contribution in [3.63, 3.8) is 0 Å². The van der Waals surface area contributed by atoms with E-state index in [1.165, 1.54) is 12.1 Å². The number of rotatable bonds is 7. The Bertz CT molecular complexity index is 810. The van der Waals surface area contributed by atoms with Gasteiger partial charge in [0.25, 0.3) is 11.6 Å². The van der Waals surface area contributed by atoms with Crippen LogP contribution in [0.5, 0.6) is 0 Å². The van der Waals surface area contributed by atoms with Gasteiger partial charge in [-0.25, -0.2) is 0 Å². The topological polar surface area (TPSA) is 98.5 Å². The van der Waals surface area contributed by atoms with Gasteiger partial charge < -0.3 is 10.1 Å². The second kappa shape index (κ2) is 8.96. The van der Waals surface area contributed by atoms with Gasteiger partial charge in [-0.1, -0.05) is 48.9 Å². The number of nitrogens with one attached hydrogen (secondary N) is 1. The lowest BCUT2D eigenvalue weighted by molar-refractivity contribution is -0.383. The van der Waals surface area contributed by atoms with Gasteiger partial charge in [0.2, 0.25) is 0 Å². The van der Waals surface area contributed by atoms with Crippen LogP contribution in [0.15, 0.2) is 48.5 Å². The summed E-state index contributed by atoms with van der Waals surface area (Å²) >= 11 is 5.72. The molecule has 2 aromatic carbocycles. The fraction of sp³-hybridized carbons (Fsp3) is 0.222. The Hall–Kier alpha value is -2.93. The number of carbonyl (C=O) groups is 2. The highest BCUT2D eigenvalue weighted by Crippen LogP contribution is 2.27. The average molecular weight is 377 g/mol. The van der Waals surface area contributed by atoms with Gasteiger partial charge in [0.1, 0.15) is 5.69 Å². The Kier molecular flexibility index (Phi) is 6.68. The van der Waals surface area contributed by atoms with Gasteiger partial charge in [0.05, 0.1) is 10.8 Å². The molecular formula is C18H17ClN2O5. The predicted molar refractivity (Wildman–Crippen MR) is 97.2 cm³/mol. The molecule has 26 heavy (non-hydrogen) atoms. The summed E-state index contributed by atoms with van der Waals surface area (Å²) in [6.07, 6.45) is 0.521. The highest BCUT2D eigenvalue weighted by atomic mass is 35.5. The summed E-state index contributed by atoms with van der Waals surface area (Å²) in [5, 5.41) is 13.5. The fourth-order valence-electron chi connectivity index (χ4n) is 2.41. The fourth-order valence-corrected chi connectivity index (χ4v) is 2.58. The van der Waals surface area contributed by atoms with Crippen molar-refractivity contribution >= 4 is 34.9 Å². The van der Waals surface area contributed by atoms with Crippen LogP contribution in [0, 0.1) is 10.1 Å². The average Bonchev–Trinajstić information content (AvgIpc) is 2.63. The Labute approximate surface area is 155 Å². The van der Waals surface area contributed by atoms with Crippen molar-refractivity contribution in [2.24, 2.45) is 0 Å². The van der Waals surface area contributed by atoms with Crippen LogP contribution in [0.4, 0.5) is 11.4 Å². The Morgan fingerprint density at radius 2 is 1.92 bits per heavy atom. The van der Waals surface area contributed by atoms with Crippen LogP contribution in [0.25, 0.3) is 0 Å². The van der Waals surface area contributed by atoms with Crippen molar-refractivity contribution in [2.45, 2.75) is 19.3 Å². The molecule has 0 saturated heterocycles. The summed E-state index contributed by atoms with van der Waals surface area (Å²) in [4.78, 5) is 34.6. The van der Waals surface area contributed by atoms with E-state index in [1.54, 1.807) is 0 Å². The van der Waals surface area contributed by atoms with Gasteiger partial charge in [-0.05, 0) is 24.1 Å². The third-order valence-electron chi connectivity index (χ3n) is 3.67. The maximum absolute atomic E-state index is 12.2. The third-order valence-corrected chi connectivity index (χ3v) is 3.91. The van der Waals surface area contributed by atoms with Crippen LogP contribution >= 0.6 is 11.6 Å². The molecule has 0 saturated carbocycles. The molecule has 7 nitrogen and oxygen atoms in total. The quantitative estimate of drug-likeness (QED) is 0.448. The van der Waals surface area contributed by atoms with Gasteiger partial charge in [-0.3, -0.25) is 19.7 Å². The van der Waals surface area contributed by atoms with Crippen molar-refractivity contribution < 1.29 is 19.2 Å². The van der Waals surface area contributed by atoms with E-state index in [-0.39, 0.29) is 16.4 Å². The molecule has 1 N–H and O–H groups in total. The number of anilines is 1. The standard InChI is InChI=1S/C18H17ClN2O5/c1-2-14(12-6-4-3-5-7-12)18(23)26-11-17(22)20-15-9-8-13(19)10-16(15)21(24)25/h3-10,14H,2,11H2,1H3,(H,20,22)/t14-/m0/s1. The first kappa shape index (κ1) is 19.4. The zero-order valence-electron chi connectivity index (χ0n) is 14.0. The molecule has 1 atom stereocenters. The maximum atomic E-state index is 12.2. The van der Waals surface area contributed by atoms with Crippen molar-refractivity contribution in [1.82, 2.24) is 0 Å². The number of hydrogen-bond donors (Lipinski definition) is 1. The molecule has 2 rings (SSSR count). The number of ether oxygens (including phenoxy) is 1. The number of halogens is 1. The van der Waals surface area contributed by atoms with Crippen molar-refractivity contribution in [2.75, 3.05) is 11.9 Å². The van der Waals surface area contributed by atoms with E-state index >= 15 is 0 Å². The first-order valence-corrected chi connectivity index (χ1v) is 8.25. The zero-order chi connectivity index (χ0) is 19.1. The first-order valence-electron chi connectivity index (χ1n) is 7.87. The highest BCUT2D eigenvalue weighted by Gasteiger charge is 2.22. The summed E-state index contributed by atoms with van der Waals surface area (Å²) in [6, 6.07) is 13.0. The largest absolute Gasteiger partial charge is 0.455 e. The number of nitro benzene ring substituents is 1. The van der Waals surface area contributed by atoms with Crippen molar-refractivity contribution in [1.29, 1.82) is 0 Å². The summed E-state index contributed by atoms with van der Waals surface area (Å²) < 4.78 is 5.06. The molecule has 0 aliphatic carbocycles. The van der Waals surface area contributed by atoms with E-state index < -0.39 is 29.3 Å². The van der Waals surface area contributed by atoms with Crippen LogP contribution in [-0.4, -0.2) is 23.4 Å².